The minimum atomic E-state index is -0.619. The largest absolute Gasteiger partial charge is 0.503 e. The van der Waals surface area contributed by atoms with Gasteiger partial charge in [-0.15, -0.1) is 0 Å². The molecule has 0 aliphatic carbocycles. The molecule has 162 valence electrons. The number of nitrogen functional groups attached to an aromatic ring is 1. The summed E-state index contributed by atoms with van der Waals surface area (Å²) < 4.78 is 0. The van der Waals surface area contributed by atoms with Crippen LogP contribution < -0.4 is 16.5 Å². The summed E-state index contributed by atoms with van der Waals surface area (Å²) in [5, 5.41) is 13.9. The Morgan fingerprint density at radius 1 is 1.09 bits per heavy atom. The van der Waals surface area contributed by atoms with Gasteiger partial charge >= 0.3 is 0 Å². The van der Waals surface area contributed by atoms with Crippen LogP contribution in [-0.4, -0.2) is 16.0 Å². The van der Waals surface area contributed by atoms with Crippen molar-refractivity contribution >= 4 is 45.7 Å². The normalized spacial score (nSPS) is 11.0. The van der Waals surface area contributed by atoms with Gasteiger partial charge in [0, 0.05) is 12.1 Å². The number of hydrogen-bond acceptors (Lipinski definition) is 4. The number of halogens is 2. The average molecular weight is 468 g/mol. The zero-order chi connectivity index (χ0) is 23.0. The first-order chi connectivity index (χ1) is 15.3. The van der Waals surface area contributed by atoms with Gasteiger partial charge in [0.15, 0.2) is 5.75 Å². The molecule has 0 bridgehead atoms. The zero-order valence-corrected chi connectivity index (χ0v) is 18.5. The van der Waals surface area contributed by atoms with Crippen LogP contribution in [0.25, 0.3) is 22.2 Å². The highest BCUT2D eigenvalue weighted by molar-refractivity contribution is 6.39. The Bertz CT molecular complexity index is 1390. The molecule has 0 saturated heterocycles. The SMILES string of the molecule is Cc1ccc(CNC(=O)c2cccc3c(=O)c(O)c(-c4cc(Cl)c(N)c(Cl)c4)[nH]c23)cc1. The van der Waals surface area contributed by atoms with Crippen molar-refractivity contribution in [3.63, 3.8) is 0 Å². The van der Waals surface area contributed by atoms with Gasteiger partial charge in [0.25, 0.3) is 5.91 Å². The van der Waals surface area contributed by atoms with Crippen LogP contribution in [0.1, 0.15) is 21.5 Å². The minimum Gasteiger partial charge on any atom is -0.503 e. The van der Waals surface area contributed by atoms with Gasteiger partial charge in [0.2, 0.25) is 5.43 Å². The molecular weight excluding hydrogens is 449 g/mol. The Kier molecular flexibility index (Phi) is 5.82. The van der Waals surface area contributed by atoms with E-state index >= 15 is 0 Å². The van der Waals surface area contributed by atoms with Crippen LogP contribution in [0, 0.1) is 6.92 Å². The number of carbonyl (C=O) groups excluding carboxylic acids is 1. The number of para-hydroxylation sites is 1. The first-order valence-electron chi connectivity index (χ1n) is 9.73. The molecule has 4 rings (SSSR count). The molecule has 0 spiro atoms. The molecule has 32 heavy (non-hydrogen) atoms. The van der Waals surface area contributed by atoms with Gasteiger partial charge in [-0.3, -0.25) is 9.59 Å². The molecule has 5 N–H and O–H groups in total. The number of benzene rings is 3. The number of pyridine rings is 1. The second-order valence-electron chi connectivity index (χ2n) is 7.43. The van der Waals surface area contributed by atoms with Crippen LogP contribution in [0.3, 0.4) is 0 Å². The Morgan fingerprint density at radius 2 is 1.75 bits per heavy atom. The van der Waals surface area contributed by atoms with Crippen LogP contribution in [0.15, 0.2) is 59.4 Å². The Hall–Kier alpha value is -3.48. The summed E-state index contributed by atoms with van der Waals surface area (Å²) in [5.41, 5.74) is 8.44. The number of nitrogens with one attached hydrogen (secondary N) is 2. The lowest BCUT2D eigenvalue weighted by Crippen LogP contribution is -2.23. The van der Waals surface area contributed by atoms with Crippen molar-refractivity contribution in [2.75, 3.05) is 5.73 Å². The lowest BCUT2D eigenvalue weighted by Gasteiger charge is -2.13. The van der Waals surface area contributed by atoms with Crippen molar-refractivity contribution < 1.29 is 9.90 Å². The number of H-pyrrole nitrogens is 1. The topological polar surface area (TPSA) is 108 Å². The second-order valence-corrected chi connectivity index (χ2v) is 8.24. The predicted molar refractivity (Wildman–Crippen MR) is 128 cm³/mol. The standard InChI is InChI=1S/C24H19Cl2N3O3/c1-12-5-7-13(8-6-12)11-28-24(32)16-4-2-3-15-21(16)29-20(23(31)22(15)30)14-9-17(25)19(27)18(26)10-14/h2-10,31H,11,27H2,1H3,(H,28,32)(H,29,30). The fourth-order valence-corrected chi connectivity index (χ4v) is 3.90. The van der Waals surface area contributed by atoms with Crippen molar-refractivity contribution in [1.82, 2.24) is 10.3 Å². The fraction of sp³-hybridized carbons (Fsp3) is 0.0833. The summed E-state index contributed by atoms with van der Waals surface area (Å²) in [6.07, 6.45) is 0. The van der Waals surface area contributed by atoms with E-state index in [1.807, 2.05) is 31.2 Å². The van der Waals surface area contributed by atoms with E-state index < -0.39 is 11.2 Å². The van der Waals surface area contributed by atoms with Crippen LogP contribution in [-0.2, 0) is 6.54 Å². The number of amides is 1. The maximum absolute atomic E-state index is 12.9. The number of aryl methyl sites for hydroxylation is 1. The summed E-state index contributed by atoms with van der Waals surface area (Å²) in [6, 6.07) is 15.5. The van der Waals surface area contributed by atoms with Crippen LogP contribution in [0.4, 0.5) is 5.69 Å². The van der Waals surface area contributed by atoms with Crippen LogP contribution in [0.5, 0.6) is 5.75 Å². The number of fused-ring (bicyclic) bond motifs is 1. The number of aromatic hydroxyl groups is 1. The molecule has 0 atom stereocenters. The summed E-state index contributed by atoms with van der Waals surface area (Å²) in [6.45, 7) is 2.32. The first-order valence-corrected chi connectivity index (χ1v) is 10.5. The highest BCUT2D eigenvalue weighted by Gasteiger charge is 2.19. The van der Waals surface area contributed by atoms with E-state index in [1.54, 1.807) is 12.1 Å². The minimum absolute atomic E-state index is 0.0880. The molecule has 0 fully saturated rings. The van der Waals surface area contributed by atoms with Crippen molar-refractivity contribution in [1.29, 1.82) is 0 Å². The lowest BCUT2D eigenvalue weighted by molar-refractivity contribution is 0.0952. The number of nitrogens with two attached hydrogens (primary N) is 1. The molecule has 0 aliphatic heterocycles. The molecule has 8 heteroatoms. The van der Waals surface area contributed by atoms with Gasteiger partial charge < -0.3 is 21.1 Å². The lowest BCUT2D eigenvalue weighted by atomic mass is 10.0. The smallest absolute Gasteiger partial charge is 0.253 e. The van der Waals surface area contributed by atoms with E-state index in [-0.39, 0.29) is 43.8 Å². The quantitative estimate of drug-likeness (QED) is 0.315. The van der Waals surface area contributed by atoms with E-state index in [1.165, 1.54) is 18.2 Å². The molecule has 0 radical (unpaired) electrons. The van der Waals surface area contributed by atoms with Crippen molar-refractivity contribution in [2.24, 2.45) is 0 Å². The fourth-order valence-electron chi connectivity index (χ4n) is 3.41. The number of carbonyl (C=O) groups is 1. The van der Waals surface area contributed by atoms with Crippen molar-refractivity contribution in [2.45, 2.75) is 13.5 Å². The van der Waals surface area contributed by atoms with E-state index in [4.69, 9.17) is 28.9 Å². The third kappa shape index (κ3) is 4.02. The number of anilines is 1. The summed E-state index contributed by atoms with van der Waals surface area (Å²) in [5.74, 6) is -0.872. The highest BCUT2D eigenvalue weighted by Crippen LogP contribution is 2.36. The zero-order valence-electron chi connectivity index (χ0n) is 17.0. The van der Waals surface area contributed by atoms with E-state index in [9.17, 15) is 14.7 Å². The molecule has 3 aromatic carbocycles. The maximum atomic E-state index is 12.9. The van der Waals surface area contributed by atoms with Crippen molar-refractivity contribution in [3.8, 4) is 17.0 Å². The number of aromatic amines is 1. The summed E-state index contributed by atoms with van der Waals surface area (Å²) in [4.78, 5) is 28.8. The summed E-state index contributed by atoms with van der Waals surface area (Å²) in [7, 11) is 0. The number of rotatable bonds is 4. The molecular formula is C24H19Cl2N3O3. The number of hydrogen-bond donors (Lipinski definition) is 4. The molecule has 0 aliphatic rings. The molecule has 0 unspecified atom stereocenters. The Balaban J connectivity index is 1.78. The maximum Gasteiger partial charge on any atom is 0.253 e. The molecule has 6 nitrogen and oxygen atoms in total. The second kappa shape index (κ2) is 8.57. The van der Waals surface area contributed by atoms with Gasteiger partial charge in [0.05, 0.1) is 37.9 Å². The molecule has 1 heterocycles. The van der Waals surface area contributed by atoms with Crippen molar-refractivity contribution in [3.05, 3.63) is 91.6 Å². The van der Waals surface area contributed by atoms with Gasteiger partial charge in [-0.25, -0.2) is 0 Å². The van der Waals surface area contributed by atoms with Gasteiger partial charge in [-0.1, -0.05) is 59.1 Å². The Labute approximate surface area is 193 Å². The average Bonchev–Trinajstić information content (AvgIpc) is 2.78. The third-order valence-electron chi connectivity index (χ3n) is 5.20. The Morgan fingerprint density at radius 3 is 2.41 bits per heavy atom. The van der Waals surface area contributed by atoms with E-state index in [0.29, 0.717) is 12.1 Å². The van der Waals surface area contributed by atoms with E-state index in [2.05, 4.69) is 10.3 Å². The van der Waals surface area contributed by atoms with Gasteiger partial charge in [0.1, 0.15) is 0 Å². The monoisotopic (exact) mass is 467 g/mol. The summed E-state index contributed by atoms with van der Waals surface area (Å²) >= 11 is 12.2. The van der Waals surface area contributed by atoms with Gasteiger partial charge in [-0.2, -0.15) is 0 Å². The molecule has 4 aromatic rings. The van der Waals surface area contributed by atoms with Crippen LogP contribution in [0.2, 0.25) is 10.0 Å². The predicted octanol–water partition coefficient (Wildman–Crippen LogP) is 5.03. The first kappa shape index (κ1) is 21.7. The van der Waals surface area contributed by atoms with E-state index in [0.717, 1.165) is 11.1 Å². The molecule has 1 aromatic heterocycles. The molecule has 0 saturated carbocycles. The highest BCUT2D eigenvalue weighted by atomic mass is 35.5. The molecule has 1 amide bonds. The van der Waals surface area contributed by atoms with Gasteiger partial charge in [-0.05, 0) is 36.8 Å². The third-order valence-corrected chi connectivity index (χ3v) is 5.82. The van der Waals surface area contributed by atoms with Crippen LogP contribution >= 0.6 is 23.2 Å². The number of aromatic nitrogens is 1.